The van der Waals surface area contributed by atoms with Crippen molar-refractivity contribution in [1.82, 2.24) is 19.9 Å². The number of aromatic amines is 4. The van der Waals surface area contributed by atoms with E-state index >= 15 is 0 Å². The number of hydrogen-bond acceptors (Lipinski definition) is 9. The fourth-order valence-electron chi connectivity index (χ4n) is 8.19. The van der Waals surface area contributed by atoms with Crippen LogP contribution in [0, 0.1) is 0 Å². The SMILES string of the molecule is CC[C@@H]1O[C@@H](OC(=O)Cc2c[nH]c3ccccc23)[C@H](OC(=O)Cc2c[nH]c3ccccc23)[C@H](OC(=O)Cc2c[nH]c3ccccc23)[C@H]1OC(=O)Cc1c[nH]c2ccccc12. The van der Waals surface area contributed by atoms with E-state index < -0.39 is 54.6 Å². The van der Waals surface area contributed by atoms with Crippen LogP contribution < -0.4 is 0 Å². The monoisotopic (exact) mass is 806 g/mol. The van der Waals surface area contributed by atoms with Gasteiger partial charge in [0.1, 0.15) is 6.10 Å². The van der Waals surface area contributed by atoms with Crippen molar-refractivity contribution in [3.63, 3.8) is 0 Å². The lowest BCUT2D eigenvalue weighted by Gasteiger charge is -2.44. The predicted molar refractivity (Wildman–Crippen MR) is 223 cm³/mol. The normalized spacial score (nSPS) is 19.1. The van der Waals surface area contributed by atoms with Crippen molar-refractivity contribution in [3.8, 4) is 0 Å². The largest absolute Gasteiger partial charge is 0.455 e. The summed E-state index contributed by atoms with van der Waals surface area (Å²) in [6, 6.07) is 30.2. The Labute approximate surface area is 343 Å². The molecule has 0 unspecified atom stereocenters. The van der Waals surface area contributed by atoms with Gasteiger partial charge >= 0.3 is 23.9 Å². The van der Waals surface area contributed by atoms with Gasteiger partial charge in [-0.25, -0.2) is 0 Å². The molecule has 5 atom stereocenters. The molecular weight excluding hydrogens is 765 g/mol. The maximum atomic E-state index is 14.1. The molecule has 0 spiro atoms. The third kappa shape index (κ3) is 7.86. The first-order valence-corrected chi connectivity index (χ1v) is 19.9. The number of fused-ring (bicyclic) bond motifs is 4. The van der Waals surface area contributed by atoms with Gasteiger partial charge in [0.15, 0.2) is 12.2 Å². The number of hydrogen-bond donors (Lipinski definition) is 4. The number of ether oxygens (including phenoxy) is 5. The highest BCUT2D eigenvalue weighted by molar-refractivity contribution is 5.90. The van der Waals surface area contributed by atoms with Gasteiger partial charge in [0, 0.05) is 68.4 Å². The molecule has 13 heteroatoms. The predicted octanol–water partition coefficient (Wildman–Crippen LogP) is 7.30. The Kier molecular flexibility index (Phi) is 10.6. The molecule has 5 heterocycles. The van der Waals surface area contributed by atoms with Crippen molar-refractivity contribution in [2.75, 3.05) is 0 Å². The number of benzene rings is 4. The first-order valence-electron chi connectivity index (χ1n) is 19.9. The average molecular weight is 807 g/mol. The van der Waals surface area contributed by atoms with Gasteiger partial charge in [-0.15, -0.1) is 0 Å². The number of nitrogens with one attached hydrogen (secondary N) is 4. The Morgan fingerprint density at radius 2 is 0.767 bits per heavy atom. The minimum Gasteiger partial charge on any atom is -0.455 e. The quantitative estimate of drug-likeness (QED) is 0.0688. The van der Waals surface area contributed by atoms with Gasteiger partial charge < -0.3 is 43.6 Å². The first-order chi connectivity index (χ1) is 29.3. The molecule has 0 radical (unpaired) electrons. The van der Waals surface area contributed by atoms with Crippen molar-refractivity contribution in [2.45, 2.75) is 69.7 Å². The summed E-state index contributed by atoms with van der Waals surface area (Å²) >= 11 is 0. The molecule has 4 aromatic carbocycles. The van der Waals surface area contributed by atoms with E-state index in [1.165, 1.54) is 0 Å². The van der Waals surface area contributed by atoms with Crippen molar-refractivity contribution >= 4 is 67.5 Å². The van der Waals surface area contributed by atoms with E-state index in [1.807, 2.05) is 104 Å². The maximum Gasteiger partial charge on any atom is 0.312 e. The van der Waals surface area contributed by atoms with Gasteiger partial charge in [-0.2, -0.15) is 0 Å². The molecule has 4 N–H and O–H groups in total. The fourth-order valence-corrected chi connectivity index (χ4v) is 8.19. The van der Waals surface area contributed by atoms with Crippen LogP contribution in [0.1, 0.15) is 35.6 Å². The number of carbonyl (C=O) groups is 4. The molecule has 1 fully saturated rings. The summed E-state index contributed by atoms with van der Waals surface area (Å²) < 4.78 is 31.1. The zero-order chi connectivity index (χ0) is 41.2. The topological polar surface area (TPSA) is 178 Å². The highest BCUT2D eigenvalue weighted by Crippen LogP contribution is 2.33. The van der Waals surface area contributed by atoms with Crippen LogP contribution in [0.15, 0.2) is 122 Å². The average Bonchev–Trinajstić information content (AvgIpc) is 4.06. The molecule has 1 saturated heterocycles. The third-order valence-corrected chi connectivity index (χ3v) is 11.1. The van der Waals surface area contributed by atoms with Gasteiger partial charge in [-0.3, -0.25) is 19.2 Å². The van der Waals surface area contributed by atoms with E-state index in [0.717, 1.165) is 43.6 Å². The van der Waals surface area contributed by atoms with Gasteiger partial charge in [0.25, 0.3) is 0 Å². The Hall–Kier alpha value is -7.12. The lowest BCUT2D eigenvalue weighted by atomic mass is 9.96. The van der Waals surface area contributed by atoms with Gasteiger partial charge in [0.05, 0.1) is 25.7 Å². The molecule has 0 bridgehead atoms. The summed E-state index contributed by atoms with van der Waals surface area (Å²) in [5.74, 6) is -2.68. The number of aromatic nitrogens is 4. The Morgan fingerprint density at radius 3 is 1.13 bits per heavy atom. The molecule has 0 saturated carbocycles. The van der Waals surface area contributed by atoms with Crippen molar-refractivity contribution in [2.24, 2.45) is 0 Å². The van der Waals surface area contributed by atoms with E-state index in [4.69, 9.17) is 23.7 Å². The van der Waals surface area contributed by atoms with Crippen LogP contribution in [-0.2, 0) is 68.5 Å². The summed E-state index contributed by atoms with van der Waals surface area (Å²) in [5.41, 5.74) is 6.13. The molecular formula is C47H42N4O9. The number of H-pyrrole nitrogens is 4. The summed E-state index contributed by atoms with van der Waals surface area (Å²) in [7, 11) is 0. The number of para-hydroxylation sites is 4. The van der Waals surface area contributed by atoms with E-state index in [9.17, 15) is 19.2 Å². The molecule has 9 rings (SSSR count). The molecule has 1 aliphatic heterocycles. The molecule has 1 aliphatic rings. The molecule has 60 heavy (non-hydrogen) atoms. The smallest absolute Gasteiger partial charge is 0.312 e. The molecule has 0 aliphatic carbocycles. The minimum absolute atomic E-state index is 0.110. The second-order valence-electron chi connectivity index (χ2n) is 14.9. The lowest BCUT2D eigenvalue weighted by molar-refractivity contribution is -0.297. The zero-order valence-corrected chi connectivity index (χ0v) is 32.6. The van der Waals surface area contributed by atoms with Gasteiger partial charge in [0.2, 0.25) is 12.4 Å². The first kappa shape index (κ1) is 38.4. The minimum atomic E-state index is -1.53. The van der Waals surface area contributed by atoms with Crippen LogP contribution in [0.5, 0.6) is 0 Å². The van der Waals surface area contributed by atoms with Crippen LogP contribution in [0.25, 0.3) is 43.6 Å². The third-order valence-electron chi connectivity index (χ3n) is 11.1. The Morgan fingerprint density at radius 1 is 0.450 bits per heavy atom. The summed E-state index contributed by atoms with van der Waals surface area (Å²) in [6.07, 6.45) is -0.0661. The standard InChI is InChI=1S/C47H42N4O9/c1-2-39-44(57-40(52)19-27-23-48-35-15-7-3-11-31(27)35)45(58-41(53)20-28-24-49-36-16-8-4-12-32(28)36)46(59-42(54)21-29-25-50-37-17-9-5-13-33(29)37)47(56-39)60-43(55)22-30-26-51-38-18-10-6-14-34(30)38/h3-18,23-26,39,44-51H,2,19-22H2,1H3/t39-,44-,45+,46+,47-/m0/s1. The van der Waals surface area contributed by atoms with Crippen LogP contribution in [0.2, 0.25) is 0 Å². The number of carbonyl (C=O) groups excluding carboxylic acids is 4. The summed E-state index contributed by atoms with van der Waals surface area (Å²) in [6.45, 7) is 1.81. The highest BCUT2D eigenvalue weighted by Gasteiger charge is 2.53. The Bertz CT molecular complexity index is 2850. The second kappa shape index (κ2) is 16.6. The fraction of sp³-hybridized carbons (Fsp3) is 0.234. The number of esters is 4. The summed E-state index contributed by atoms with van der Waals surface area (Å²) in [4.78, 5) is 68.5. The van der Waals surface area contributed by atoms with Crippen molar-refractivity contribution < 1.29 is 42.9 Å². The molecule has 4 aromatic heterocycles. The van der Waals surface area contributed by atoms with E-state index in [0.29, 0.717) is 22.3 Å². The van der Waals surface area contributed by atoms with Crippen LogP contribution >= 0.6 is 0 Å². The van der Waals surface area contributed by atoms with E-state index in [-0.39, 0.29) is 32.1 Å². The van der Waals surface area contributed by atoms with Crippen LogP contribution in [-0.4, -0.2) is 74.5 Å². The second-order valence-corrected chi connectivity index (χ2v) is 14.9. The zero-order valence-electron chi connectivity index (χ0n) is 32.6. The molecule has 304 valence electrons. The Balaban J connectivity index is 1.04. The van der Waals surface area contributed by atoms with Gasteiger partial charge in [-0.05, 0) is 52.9 Å². The van der Waals surface area contributed by atoms with E-state index in [2.05, 4.69) is 19.9 Å². The van der Waals surface area contributed by atoms with Crippen molar-refractivity contribution in [3.05, 3.63) is 144 Å². The summed E-state index contributed by atoms with van der Waals surface area (Å²) in [5, 5.41) is 3.36. The molecule has 13 nitrogen and oxygen atoms in total. The number of rotatable bonds is 13. The lowest BCUT2D eigenvalue weighted by Crippen LogP contribution is -2.62. The van der Waals surface area contributed by atoms with Gasteiger partial charge in [-0.1, -0.05) is 79.7 Å². The van der Waals surface area contributed by atoms with E-state index in [1.54, 1.807) is 24.8 Å². The molecule has 0 amide bonds. The van der Waals surface area contributed by atoms with Crippen molar-refractivity contribution in [1.29, 1.82) is 0 Å². The highest BCUT2D eigenvalue weighted by atomic mass is 16.7. The molecule has 8 aromatic rings. The maximum absolute atomic E-state index is 14.1. The van der Waals surface area contributed by atoms with Crippen LogP contribution in [0.4, 0.5) is 0 Å². The van der Waals surface area contributed by atoms with Crippen LogP contribution in [0.3, 0.4) is 0 Å².